The molecule has 1 aromatic heterocycles. The molecule has 0 saturated carbocycles. The van der Waals surface area contributed by atoms with Crippen LogP contribution in [0.3, 0.4) is 0 Å². The van der Waals surface area contributed by atoms with Crippen molar-refractivity contribution in [1.29, 1.82) is 0 Å². The van der Waals surface area contributed by atoms with Gasteiger partial charge in [-0.15, -0.1) is 0 Å². The number of nitrogen functional groups attached to an aromatic ring is 1. The van der Waals surface area contributed by atoms with Crippen molar-refractivity contribution in [3.05, 3.63) is 5.69 Å². The van der Waals surface area contributed by atoms with Crippen LogP contribution in [0.4, 0.5) is 10.1 Å². The van der Waals surface area contributed by atoms with Gasteiger partial charge in [0.15, 0.2) is 5.13 Å². The van der Waals surface area contributed by atoms with Crippen LogP contribution in [0.2, 0.25) is 0 Å². The summed E-state index contributed by atoms with van der Waals surface area (Å²) in [6, 6.07) is 0. The molecule has 4 nitrogen and oxygen atoms in total. The first-order valence-electron chi connectivity index (χ1n) is 6.08. The second kappa shape index (κ2) is 4.46. The maximum absolute atomic E-state index is 5.88. The molecule has 1 fully saturated rings. The van der Waals surface area contributed by atoms with Gasteiger partial charge < -0.3 is 15.5 Å². The van der Waals surface area contributed by atoms with Crippen LogP contribution in [0.25, 0.3) is 0 Å². The van der Waals surface area contributed by atoms with Crippen molar-refractivity contribution in [2.45, 2.75) is 26.2 Å². The Kier molecular flexibility index (Phi) is 3.32. The number of aromatic nitrogens is 1. The van der Waals surface area contributed by atoms with Crippen LogP contribution in [0.15, 0.2) is 0 Å². The number of hydrogen-bond acceptors (Lipinski definition) is 5. The van der Waals surface area contributed by atoms with Crippen LogP contribution < -0.4 is 10.6 Å². The van der Waals surface area contributed by atoms with Gasteiger partial charge in [0.05, 0.1) is 5.69 Å². The van der Waals surface area contributed by atoms with Gasteiger partial charge in [-0.3, -0.25) is 0 Å². The fourth-order valence-electron chi connectivity index (χ4n) is 2.04. The molecule has 0 spiro atoms. The zero-order valence-electron chi connectivity index (χ0n) is 11.2. The molecule has 96 valence electrons. The molecule has 1 aliphatic heterocycles. The number of anilines is 2. The summed E-state index contributed by atoms with van der Waals surface area (Å²) in [4.78, 5) is 9.30. The lowest BCUT2D eigenvalue weighted by Crippen LogP contribution is -2.44. The Morgan fingerprint density at radius 3 is 2.29 bits per heavy atom. The highest BCUT2D eigenvalue weighted by molar-refractivity contribution is 7.19. The van der Waals surface area contributed by atoms with Crippen LogP contribution in [0.1, 0.15) is 26.5 Å². The van der Waals surface area contributed by atoms with E-state index in [-0.39, 0.29) is 5.41 Å². The predicted octanol–water partition coefficient (Wildman–Crippen LogP) is 1.77. The standard InChI is InChI=1S/C12H22N4S/c1-12(2,3)9-10(17-11(13)14-9)16-7-5-15(4)6-8-16/h5-8H2,1-4H3,(H2,13,14). The van der Waals surface area contributed by atoms with Crippen LogP contribution in [0, 0.1) is 0 Å². The molecule has 0 bridgehead atoms. The van der Waals surface area contributed by atoms with Crippen LogP contribution in [-0.2, 0) is 5.41 Å². The summed E-state index contributed by atoms with van der Waals surface area (Å²) >= 11 is 1.62. The molecule has 0 radical (unpaired) electrons. The largest absolute Gasteiger partial charge is 0.375 e. The molecule has 0 unspecified atom stereocenters. The Labute approximate surface area is 107 Å². The summed E-state index contributed by atoms with van der Waals surface area (Å²) in [7, 11) is 2.17. The fraction of sp³-hybridized carbons (Fsp3) is 0.750. The van der Waals surface area contributed by atoms with Crippen molar-refractivity contribution in [1.82, 2.24) is 9.88 Å². The number of nitrogens with two attached hydrogens (primary N) is 1. The number of thiazole rings is 1. The molecule has 1 aromatic rings. The minimum absolute atomic E-state index is 0.0623. The maximum atomic E-state index is 5.88. The van der Waals surface area contributed by atoms with Gasteiger partial charge in [0.25, 0.3) is 0 Å². The highest BCUT2D eigenvalue weighted by Gasteiger charge is 2.27. The summed E-state index contributed by atoms with van der Waals surface area (Å²) in [5.74, 6) is 0. The van der Waals surface area contributed by atoms with E-state index < -0.39 is 0 Å². The molecular formula is C12H22N4S. The minimum atomic E-state index is 0.0623. The highest BCUT2D eigenvalue weighted by Crippen LogP contribution is 2.37. The third kappa shape index (κ3) is 2.72. The number of rotatable bonds is 1. The zero-order chi connectivity index (χ0) is 12.6. The third-order valence-corrected chi connectivity index (χ3v) is 4.07. The highest BCUT2D eigenvalue weighted by atomic mass is 32.1. The third-order valence-electron chi connectivity index (χ3n) is 3.13. The lowest BCUT2D eigenvalue weighted by atomic mass is 9.92. The Balaban J connectivity index is 2.26. The van der Waals surface area contributed by atoms with Crippen LogP contribution in [0.5, 0.6) is 0 Å². The second-order valence-electron chi connectivity index (χ2n) is 5.75. The van der Waals surface area contributed by atoms with E-state index in [0.29, 0.717) is 5.13 Å². The van der Waals surface area contributed by atoms with Crippen LogP contribution >= 0.6 is 11.3 Å². The molecule has 0 aliphatic carbocycles. The van der Waals surface area contributed by atoms with E-state index in [1.807, 2.05) is 0 Å². The van der Waals surface area contributed by atoms with Gasteiger partial charge in [-0.25, -0.2) is 4.98 Å². The Hall–Kier alpha value is -0.810. The van der Waals surface area contributed by atoms with Gasteiger partial charge in [-0.05, 0) is 7.05 Å². The fourth-order valence-corrected chi connectivity index (χ4v) is 3.14. The number of piperazine rings is 1. The molecule has 2 heterocycles. The van der Waals surface area contributed by atoms with Crippen molar-refractivity contribution < 1.29 is 0 Å². The molecule has 1 aliphatic rings. The van der Waals surface area contributed by atoms with E-state index >= 15 is 0 Å². The van der Waals surface area contributed by atoms with Gasteiger partial charge >= 0.3 is 0 Å². The second-order valence-corrected chi connectivity index (χ2v) is 6.76. The lowest BCUT2D eigenvalue weighted by Gasteiger charge is -2.34. The average molecular weight is 254 g/mol. The summed E-state index contributed by atoms with van der Waals surface area (Å²) in [5, 5.41) is 1.95. The first-order valence-corrected chi connectivity index (χ1v) is 6.90. The molecule has 2 rings (SSSR count). The van der Waals surface area contributed by atoms with E-state index in [1.54, 1.807) is 11.3 Å². The van der Waals surface area contributed by atoms with E-state index in [4.69, 9.17) is 5.73 Å². The smallest absolute Gasteiger partial charge is 0.182 e. The number of hydrogen-bond donors (Lipinski definition) is 1. The molecule has 1 saturated heterocycles. The molecule has 0 atom stereocenters. The van der Waals surface area contributed by atoms with Crippen molar-refractivity contribution in [3.8, 4) is 0 Å². The summed E-state index contributed by atoms with van der Waals surface area (Å²) in [5.41, 5.74) is 7.09. The Bertz CT molecular complexity index is 386. The monoisotopic (exact) mass is 254 g/mol. The van der Waals surface area contributed by atoms with Gasteiger partial charge in [0.1, 0.15) is 5.00 Å². The molecule has 0 amide bonds. The van der Waals surface area contributed by atoms with Crippen molar-refractivity contribution in [2.24, 2.45) is 0 Å². The maximum Gasteiger partial charge on any atom is 0.182 e. The average Bonchev–Trinajstić information content (AvgIpc) is 2.61. The lowest BCUT2D eigenvalue weighted by molar-refractivity contribution is 0.313. The van der Waals surface area contributed by atoms with E-state index in [0.717, 1.165) is 31.9 Å². The first kappa shape index (κ1) is 12.6. The van der Waals surface area contributed by atoms with Crippen molar-refractivity contribution in [2.75, 3.05) is 43.9 Å². The SMILES string of the molecule is CN1CCN(c2sc(N)nc2C(C)(C)C)CC1. The topological polar surface area (TPSA) is 45.4 Å². The normalized spacial score (nSPS) is 18.7. The zero-order valence-corrected chi connectivity index (χ0v) is 12.0. The van der Waals surface area contributed by atoms with Gasteiger partial charge in [-0.1, -0.05) is 32.1 Å². The molecule has 2 N–H and O–H groups in total. The molecule has 5 heteroatoms. The van der Waals surface area contributed by atoms with Gasteiger partial charge in [0.2, 0.25) is 0 Å². The summed E-state index contributed by atoms with van der Waals surface area (Å²) in [6.07, 6.45) is 0. The quantitative estimate of drug-likeness (QED) is 0.830. The van der Waals surface area contributed by atoms with Gasteiger partial charge in [0, 0.05) is 31.6 Å². The summed E-state index contributed by atoms with van der Waals surface area (Å²) in [6.45, 7) is 11.0. The first-order chi connectivity index (χ1) is 7.88. The predicted molar refractivity (Wildman–Crippen MR) is 74.9 cm³/mol. The Morgan fingerprint density at radius 1 is 1.18 bits per heavy atom. The molecular weight excluding hydrogens is 232 g/mol. The number of nitrogens with zero attached hydrogens (tertiary/aromatic N) is 3. The number of likely N-dealkylation sites (N-methyl/N-ethyl adjacent to an activating group) is 1. The van der Waals surface area contributed by atoms with Gasteiger partial charge in [-0.2, -0.15) is 0 Å². The molecule has 17 heavy (non-hydrogen) atoms. The van der Waals surface area contributed by atoms with E-state index in [2.05, 4.69) is 42.6 Å². The van der Waals surface area contributed by atoms with E-state index in [9.17, 15) is 0 Å². The van der Waals surface area contributed by atoms with E-state index in [1.165, 1.54) is 5.00 Å². The van der Waals surface area contributed by atoms with Crippen molar-refractivity contribution >= 4 is 21.5 Å². The minimum Gasteiger partial charge on any atom is -0.375 e. The van der Waals surface area contributed by atoms with Crippen molar-refractivity contribution in [3.63, 3.8) is 0 Å². The summed E-state index contributed by atoms with van der Waals surface area (Å²) < 4.78 is 0. The van der Waals surface area contributed by atoms with Crippen LogP contribution in [-0.4, -0.2) is 43.1 Å². The Morgan fingerprint density at radius 2 is 1.76 bits per heavy atom. The molecule has 0 aromatic carbocycles.